The molecule has 0 radical (unpaired) electrons. The van der Waals surface area contributed by atoms with E-state index in [1.807, 2.05) is 6.92 Å². The Hall–Kier alpha value is -1.33. The minimum Gasteiger partial charge on any atom is -0.381 e. The van der Waals surface area contributed by atoms with Gasteiger partial charge in [0.05, 0.1) is 16.7 Å². The van der Waals surface area contributed by atoms with Gasteiger partial charge in [0.2, 0.25) is 0 Å². The van der Waals surface area contributed by atoms with Crippen LogP contribution in [0.3, 0.4) is 0 Å². The molecule has 1 aliphatic carbocycles. The number of aromatic nitrogens is 1. The minimum atomic E-state index is -0.172. The van der Waals surface area contributed by atoms with Crippen LogP contribution in [0.5, 0.6) is 0 Å². The first kappa shape index (κ1) is 16.0. The zero-order chi connectivity index (χ0) is 15.6. The molecule has 2 atom stereocenters. The van der Waals surface area contributed by atoms with Gasteiger partial charge < -0.3 is 15.4 Å². The van der Waals surface area contributed by atoms with E-state index in [0.717, 1.165) is 13.0 Å². The molecule has 1 saturated carbocycles. The molecule has 1 amide bonds. The molecule has 0 saturated heterocycles. The van der Waals surface area contributed by atoms with Gasteiger partial charge in [-0.15, -0.1) is 0 Å². The molecule has 0 spiro atoms. The second kappa shape index (κ2) is 6.20. The Morgan fingerprint density at radius 3 is 2.86 bits per heavy atom. The molecule has 0 bridgehead atoms. The summed E-state index contributed by atoms with van der Waals surface area (Å²) in [5.74, 6) is 0.476. The molecule has 21 heavy (non-hydrogen) atoms. The molecule has 1 aromatic heterocycles. The van der Waals surface area contributed by atoms with Gasteiger partial charge in [-0.2, -0.15) is 0 Å². The fraction of sp³-hybridized carbons (Fsp3) is 0.600. The molecule has 2 N–H and O–H groups in total. The van der Waals surface area contributed by atoms with Crippen molar-refractivity contribution >= 4 is 23.3 Å². The van der Waals surface area contributed by atoms with E-state index in [1.165, 1.54) is 6.20 Å². The van der Waals surface area contributed by atoms with E-state index in [1.54, 1.807) is 13.2 Å². The minimum absolute atomic E-state index is 0.0750. The van der Waals surface area contributed by atoms with Crippen LogP contribution in [0, 0.1) is 5.41 Å². The number of rotatable bonds is 5. The number of carbonyl (C=O) groups excluding carboxylic acids is 1. The lowest BCUT2D eigenvalue weighted by molar-refractivity contribution is -0.0942. The molecule has 1 aliphatic rings. The van der Waals surface area contributed by atoms with E-state index in [-0.39, 0.29) is 23.5 Å². The largest absolute Gasteiger partial charge is 0.381 e. The Morgan fingerprint density at radius 1 is 1.57 bits per heavy atom. The van der Waals surface area contributed by atoms with Crippen LogP contribution >= 0.6 is 11.6 Å². The van der Waals surface area contributed by atoms with Crippen molar-refractivity contribution < 1.29 is 9.53 Å². The van der Waals surface area contributed by atoms with Crippen LogP contribution in [0.15, 0.2) is 12.3 Å². The summed E-state index contributed by atoms with van der Waals surface area (Å²) in [6.45, 7) is 6.89. The van der Waals surface area contributed by atoms with Crippen molar-refractivity contribution in [3.05, 3.63) is 22.8 Å². The number of nitrogens with zero attached hydrogens (tertiary/aromatic N) is 1. The van der Waals surface area contributed by atoms with E-state index in [0.29, 0.717) is 16.4 Å². The molecular formula is C15H22ClN3O2. The summed E-state index contributed by atoms with van der Waals surface area (Å²) in [4.78, 5) is 16.6. The maximum atomic E-state index is 12.4. The maximum Gasteiger partial charge on any atom is 0.253 e. The number of hydrogen-bond donors (Lipinski definition) is 2. The molecule has 2 unspecified atom stereocenters. The number of hydrogen-bond acceptors (Lipinski definition) is 4. The van der Waals surface area contributed by atoms with Gasteiger partial charge in [0.15, 0.2) is 0 Å². The molecule has 1 fully saturated rings. The average molecular weight is 312 g/mol. The number of halogens is 1. The van der Waals surface area contributed by atoms with Gasteiger partial charge >= 0.3 is 0 Å². The van der Waals surface area contributed by atoms with Gasteiger partial charge in [-0.1, -0.05) is 25.4 Å². The van der Waals surface area contributed by atoms with Crippen molar-refractivity contribution in [2.75, 3.05) is 19.0 Å². The highest BCUT2D eigenvalue weighted by atomic mass is 35.5. The number of nitrogens with one attached hydrogen (secondary N) is 2. The zero-order valence-corrected chi connectivity index (χ0v) is 13.6. The molecular weight excluding hydrogens is 290 g/mol. The fourth-order valence-corrected chi connectivity index (χ4v) is 2.85. The summed E-state index contributed by atoms with van der Waals surface area (Å²) in [6, 6.07) is 1.77. The van der Waals surface area contributed by atoms with Crippen LogP contribution in [-0.4, -0.2) is 36.7 Å². The van der Waals surface area contributed by atoms with Crippen LogP contribution in [0.4, 0.5) is 5.82 Å². The third-order valence-electron chi connectivity index (χ3n) is 4.23. The lowest BCUT2D eigenvalue weighted by Crippen LogP contribution is -2.61. The van der Waals surface area contributed by atoms with Crippen LogP contribution < -0.4 is 10.6 Å². The van der Waals surface area contributed by atoms with Gasteiger partial charge in [0.1, 0.15) is 5.82 Å². The van der Waals surface area contributed by atoms with Crippen molar-refractivity contribution in [2.45, 2.75) is 39.3 Å². The second-order valence-electron chi connectivity index (χ2n) is 5.89. The zero-order valence-electron chi connectivity index (χ0n) is 12.9. The lowest BCUT2D eigenvalue weighted by atomic mass is 9.64. The van der Waals surface area contributed by atoms with Crippen molar-refractivity contribution in [1.29, 1.82) is 0 Å². The predicted octanol–water partition coefficient (Wildman–Crippen LogP) is 2.71. The normalized spacial score (nSPS) is 23.3. The second-order valence-corrected chi connectivity index (χ2v) is 6.29. The fourth-order valence-electron chi connectivity index (χ4n) is 2.66. The summed E-state index contributed by atoms with van der Waals surface area (Å²) < 4.78 is 5.40. The molecule has 2 rings (SSSR count). The monoisotopic (exact) mass is 311 g/mol. The SMILES string of the molecule is CCNc1cc(C(=O)NC2CC(OC)C2(C)C)c(Cl)cn1. The van der Waals surface area contributed by atoms with Crippen LogP contribution in [0.1, 0.15) is 37.6 Å². The van der Waals surface area contributed by atoms with Gasteiger partial charge in [-0.05, 0) is 19.4 Å². The number of pyridine rings is 1. The number of amides is 1. The highest BCUT2D eigenvalue weighted by molar-refractivity contribution is 6.33. The van der Waals surface area contributed by atoms with E-state index in [9.17, 15) is 4.79 Å². The van der Waals surface area contributed by atoms with Gasteiger partial charge in [0.25, 0.3) is 5.91 Å². The summed E-state index contributed by atoms with van der Waals surface area (Å²) in [7, 11) is 1.70. The highest BCUT2D eigenvalue weighted by Crippen LogP contribution is 2.42. The van der Waals surface area contributed by atoms with Crippen LogP contribution in [-0.2, 0) is 4.74 Å². The van der Waals surface area contributed by atoms with E-state index < -0.39 is 0 Å². The predicted molar refractivity (Wildman–Crippen MR) is 83.9 cm³/mol. The first-order chi connectivity index (χ1) is 9.90. The summed E-state index contributed by atoms with van der Waals surface area (Å²) in [5.41, 5.74) is 0.369. The molecule has 1 aromatic rings. The van der Waals surface area contributed by atoms with Gasteiger partial charge in [-0.3, -0.25) is 4.79 Å². The number of ether oxygens (including phenoxy) is 1. The molecule has 1 heterocycles. The molecule has 0 aromatic carbocycles. The van der Waals surface area contributed by atoms with E-state index in [2.05, 4.69) is 29.5 Å². The molecule has 6 heteroatoms. The first-order valence-corrected chi connectivity index (χ1v) is 7.51. The van der Waals surface area contributed by atoms with Crippen molar-refractivity contribution in [2.24, 2.45) is 5.41 Å². The Bertz CT molecular complexity index is 534. The standard InChI is InChI=1S/C15H22ClN3O2/c1-5-17-13-6-9(10(16)8-18-13)14(20)19-11-7-12(21-4)15(11,2)3/h6,8,11-12H,5,7H2,1-4H3,(H,17,18)(H,19,20). The Balaban J connectivity index is 2.09. The smallest absolute Gasteiger partial charge is 0.253 e. The molecule has 116 valence electrons. The lowest BCUT2D eigenvalue weighted by Gasteiger charge is -2.51. The highest BCUT2D eigenvalue weighted by Gasteiger charge is 2.49. The average Bonchev–Trinajstić information content (AvgIpc) is 2.45. The van der Waals surface area contributed by atoms with Gasteiger partial charge in [-0.25, -0.2) is 4.98 Å². The third kappa shape index (κ3) is 3.14. The Labute approximate surface area is 130 Å². The number of carbonyl (C=O) groups is 1. The maximum absolute atomic E-state index is 12.4. The summed E-state index contributed by atoms with van der Waals surface area (Å²) in [6.07, 6.45) is 2.49. The van der Waals surface area contributed by atoms with Crippen LogP contribution in [0.25, 0.3) is 0 Å². The number of methoxy groups -OCH3 is 1. The van der Waals surface area contributed by atoms with E-state index in [4.69, 9.17) is 16.3 Å². The van der Waals surface area contributed by atoms with Crippen molar-refractivity contribution in [1.82, 2.24) is 10.3 Å². The molecule has 5 nitrogen and oxygen atoms in total. The quantitative estimate of drug-likeness (QED) is 0.877. The Kier molecular flexibility index (Phi) is 4.74. The first-order valence-electron chi connectivity index (χ1n) is 7.13. The Morgan fingerprint density at radius 2 is 2.29 bits per heavy atom. The molecule has 0 aliphatic heterocycles. The topological polar surface area (TPSA) is 63.2 Å². The van der Waals surface area contributed by atoms with Crippen molar-refractivity contribution in [3.63, 3.8) is 0 Å². The van der Waals surface area contributed by atoms with Crippen molar-refractivity contribution in [3.8, 4) is 0 Å². The third-order valence-corrected chi connectivity index (χ3v) is 4.53. The number of anilines is 1. The summed E-state index contributed by atoms with van der Waals surface area (Å²) >= 11 is 6.09. The van der Waals surface area contributed by atoms with Crippen LogP contribution in [0.2, 0.25) is 5.02 Å². The summed E-state index contributed by atoms with van der Waals surface area (Å²) in [5, 5.41) is 6.47. The van der Waals surface area contributed by atoms with Gasteiger partial charge in [0, 0.05) is 31.3 Å². The van der Waals surface area contributed by atoms with E-state index >= 15 is 0 Å².